The van der Waals surface area contributed by atoms with Crippen molar-refractivity contribution in [3.8, 4) is 5.75 Å². The Balaban J connectivity index is 1.35. The second-order valence-electron chi connectivity index (χ2n) is 7.40. The first-order chi connectivity index (χ1) is 14.0. The normalized spacial score (nSPS) is 14.5. The van der Waals surface area contributed by atoms with Crippen molar-refractivity contribution in [2.75, 3.05) is 19.7 Å². The van der Waals surface area contributed by atoms with Gasteiger partial charge in [0.15, 0.2) is 0 Å². The number of para-hydroxylation sites is 1. The molecule has 2 heterocycles. The molecule has 1 aliphatic heterocycles. The molecule has 7 nitrogen and oxygen atoms in total. The van der Waals surface area contributed by atoms with E-state index in [1.54, 1.807) is 11.1 Å². The molecule has 1 fully saturated rings. The molecule has 0 unspecified atom stereocenters. The SMILES string of the molecule is Cc1cccc(C)c1OCCCC(=O)NC1CCN(C(=O)c2cnccn2)CC1. The van der Waals surface area contributed by atoms with Crippen LogP contribution in [0, 0.1) is 13.8 Å². The van der Waals surface area contributed by atoms with Gasteiger partial charge in [0.05, 0.1) is 12.8 Å². The van der Waals surface area contributed by atoms with Gasteiger partial charge in [-0.05, 0) is 44.2 Å². The first kappa shape index (κ1) is 20.8. The molecule has 1 aromatic heterocycles. The minimum atomic E-state index is -0.105. The summed E-state index contributed by atoms with van der Waals surface area (Å²) in [6, 6.07) is 6.16. The highest BCUT2D eigenvalue weighted by atomic mass is 16.5. The van der Waals surface area contributed by atoms with Crippen molar-refractivity contribution in [3.05, 3.63) is 53.6 Å². The first-order valence-corrected chi connectivity index (χ1v) is 10.1. The number of rotatable bonds is 7. The molecule has 0 bridgehead atoms. The number of nitrogens with one attached hydrogen (secondary N) is 1. The maximum absolute atomic E-state index is 12.4. The second kappa shape index (κ2) is 10.0. The van der Waals surface area contributed by atoms with Crippen LogP contribution in [-0.4, -0.2) is 52.4 Å². The van der Waals surface area contributed by atoms with Gasteiger partial charge in [0.2, 0.25) is 5.91 Å². The zero-order valence-corrected chi connectivity index (χ0v) is 17.1. The predicted octanol–water partition coefficient (Wildman–Crippen LogP) is 2.67. The number of hydrogen-bond donors (Lipinski definition) is 1. The number of amides is 2. The fourth-order valence-corrected chi connectivity index (χ4v) is 3.53. The van der Waals surface area contributed by atoms with Crippen molar-refractivity contribution in [1.82, 2.24) is 20.2 Å². The van der Waals surface area contributed by atoms with Gasteiger partial charge in [-0.25, -0.2) is 4.98 Å². The van der Waals surface area contributed by atoms with Gasteiger partial charge < -0.3 is 15.0 Å². The summed E-state index contributed by atoms with van der Waals surface area (Å²) in [6.07, 6.45) is 7.15. The van der Waals surface area contributed by atoms with Gasteiger partial charge in [-0.15, -0.1) is 0 Å². The topological polar surface area (TPSA) is 84.4 Å². The highest BCUT2D eigenvalue weighted by Crippen LogP contribution is 2.22. The van der Waals surface area contributed by atoms with Crippen LogP contribution in [0.3, 0.4) is 0 Å². The van der Waals surface area contributed by atoms with Gasteiger partial charge in [-0.2, -0.15) is 0 Å². The fourth-order valence-electron chi connectivity index (χ4n) is 3.53. The van der Waals surface area contributed by atoms with E-state index in [-0.39, 0.29) is 17.9 Å². The minimum Gasteiger partial charge on any atom is -0.493 e. The Morgan fingerprint density at radius 1 is 1.17 bits per heavy atom. The van der Waals surface area contributed by atoms with Crippen molar-refractivity contribution >= 4 is 11.8 Å². The van der Waals surface area contributed by atoms with Crippen molar-refractivity contribution in [1.29, 1.82) is 0 Å². The molecular formula is C22H28N4O3. The predicted molar refractivity (Wildman–Crippen MR) is 110 cm³/mol. The molecule has 0 spiro atoms. The Morgan fingerprint density at radius 2 is 1.90 bits per heavy atom. The quantitative estimate of drug-likeness (QED) is 0.728. The summed E-state index contributed by atoms with van der Waals surface area (Å²) in [7, 11) is 0. The molecular weight excluding hydrogens is 368 g/mol. The molecule has 1 aromatic carbocycles. The zero-order chi connectivity index (χ0) is 20.6. The van der Waals surface area contributed by atoms with E-state index in [0.29, 0.717) is 38.2 Å². The molecule has 29 heavy (non-hydrogen) atoms. The van der Waals surface area contributed by atoms with Crippen LogP contribution in [0.15, 0.2) is 36.8 Å². The van der Waals surface area contributed by atoms with E-state index < -0.39 is 0 Å². The standard InChI is InChI=1S/C22H28N4O3/c1-16-5-3-6-17(2)21(16)29-14-4-7-20(27)25-18-8-12-26(13-9-18)22(28)19-15-23-10-11-24-19/h3,5-6,10-11,15,18H,4,7-9,12-14H2,1-2H3,(H,25,27). The smallest absolute Gasteiger partial charge is 0.274 e. The van der Waals surface area contributed by atoms with Crippen LogP contribution in [0.4, 0.5) is 0 Å². The number of ether oxygens (including phenoxy) is 1. The largest absolute Gasteiger partial charge is 0.493 e. The number of carbonyl (C=O) groups excluding carboxylic acids is 2. The summed E-state index contributed by atoms with van der Waals surface area (Å²) in [5, 5.41) is 3.08. The molecule has 0 radical (unpaired) electrons. The lowest BCUT2D eigenvalue weighted by Gasteiger charge is -2.32. The zero-order valence-electron chi connectivity index (χ0n) is 17.1. The Bertz CT molecular complexity index is 813. The van der Waals surface area contributed by atoms with E-state index in [2.05, 4.69) is 15.3 Å². The summed E-state index contributed by atoms with van der Waals surface area (Å²) in [5.41, 5.74) is 2.58. The number of aryl methyl sites for hydroxylation is 2. The molecule has 7 heteroatoms. The Morgan fingerprint density at radius 3 is 2.55 bits per heavy atom. The first-order valence-electron chi connectivity index (χ1n) is 10.1. The van der Waals surface area contributed by atoms with Crippen LogP contribution >= 0.6 is 0 Å². The van der Waals surface area contributed by atoms with Crippen molar-refractivity contribution in [3.63, 3.8) is 0 Å². The maximum atomic E-state index is 12.4. The van der Waals surface area contributed by atoms with E-state index >= 15 is 0 Å². The molecule has 1 aliphatic rings. The van der Waals surface area contributed by atoms with Gasteiger partial charge in [-0.3, -0.25) is 14.6 Å². The van der Waals surface area contributed by atoms with Crippen LogP contribution in [0.5, 0.6) is 5.75 Å². The molecule has 0 atom stereocenters. The molecule has 0 saturated carbocycles. The van der Waals surface area contributed by atoms with Crippen LogP contribution in [0.1, 0.15) is 47.3 Å². The number of hydrogen-bond acceptors (Lipinski definition) is 5. The summed E-state index contributed by atoms with van der Waals surface area (Å²) >= 11 is 0. The highest BCUT2D eigenvalue weighted by Gasteiger charge is 2.25. The number of likely N-dealkylation sites (tertiary alicyclic amines) is 1. The van der Waals surface area contributed by atoms with Gasteiger partial charge in [-0.1, -0.05) is 18.2 Å². The summed E-state index contributed by atoms with van der Waals surface area (Å²) in [4.78, 5) is 34.4. The van der Waals surface area contributed by atoms with Gasteiger partial charge in [0.25, 0.3) is 5.91 Å². The molecule has 0 aliphatic carbocycles. The van der Waals surface area contributed by atoms with Crippen molar-refractivity contribution in [2.24, 2.45) is 0 Å². The third kappa shape index (κ3) is 5.76. The van der Waals surface area contributed by atoms with E-state index in [0.717, 1.165) is 29.7 Å². The van der Waals surface area contributed by atoms with E-state index in [1.807, 2.05) is 32.0 Å². The third-order valence-electron chi connectivity index (χ3n) is 5.13. The monoisotopic (exact) mass is 396 g/mol. The number of piperidine rings is 1. The van der Waals surface area contributed by atoms with E-state index in [1.165, 1.54) is 12.4 Å². The second-order valence-corrected chi connectivity index (χ2v) is 7.40. The molecule has 3 rings (SSSR count). The Labute approximate surface area is 171 Å². The Kier molecular flexibility index (Phi) is 7.16. The average molecular weight is 396 g/mol. The molecule has 2 aromatic rings. The number of carbonyl (C=O) groups is 2. The molecule has 1 saturated heterocycles. The van der Waals surface area contributed by atoms with Crippen LogP contribution in [0.25, 0.3) is 0 Å². The Hall–Kier alpha value is -2.96. The van der Waals surface area contributed by atoms with Crippen LogP contribution < -0.4 is 10.1 Å². The van der Waals surface area contributed by atoms with Gasteiger partial charge >= 0.3 is 0 Å². The lowest BCUT2D eigenvalue weighted by atomic mass is 10.0. The van der Waals surface area contributed by atoms with Gasteiger partial charge in [0, 0.05) is 37.9 Å². The summed E-state index contributed by atoms with van der Waals surface area (Å²) in [5.74, 6) is 0.841. The summed E-state index contributed by atoms with van der Waals surface area (Å²) in [6.45, 7) is 5.78. The number of nitrogens with zero attached hydrogens (tertiary/aromatic N) is 3. The number of aromatic nitrogens is 2. The average Bonchev–Trinajstić information content (AvgIpc) is 2.73. The maximum Gasteiger partial charge on any atom is 0.274 e. The lowest BCUT2D eigenvalue weighted by Crippen LogP contribution is -2.46. The molecule has 2 amide bonds. The number of benzene rings is 1. The van der Waals surface area contributed by atoms with E-state index in [4.69, 9.17) is 4.74 Å². The third-order valence-corrected chi connectivity index (χ3v) is 5.13. The molecule has 154 valence electrons. The summed E-state index contributed by atoms with van der Waals surface area (Å²) < 4.78 is 5.86. The van der Waals surface area contributed by atoms with Crippen molar-refractivity contribution < 1.29 is 14.3 Å². The molecule has 1 N–H and O–H groups in total. The minimum absolute atomic E-state index is 0.0359. The van der Waals surface area contributed by atoms with Gasteiger partial charge in [0.1, 0.15) is 11.4 Å². The van der Waals surface area contributed by atoms with Crippen LogP contribution in [-0.2, 0) is 4.79 Å². The highest BCUT2D eigenvalue weighted by molar-refractivity contribution is 5.92. The van der Waals surface area contributed by atoms with Crippen LogP contribution in [0.2, 0.25) is 0 Å². The van der Waals surface area contributed by atoms with Crippen molar-refractivity contribution in [2.45, 2.75) is 45.6 Å². The van der Waals surface area contributed by atoms with E-state index in [9.17, 15) is 9.59 Å². The fraction of sp³-hybridized carbons (Fsp3) is 0.455. The lowest BCUT2D eigenvalue weighted by molar-refractivity contribution is -0.122.